The van der Waals surface area contributed by atoms with Crippen LogP contribution in [0.4, 0.5) is 15.8 Å². The van der Waals surface area contributed by atoms with Crippen molar-refractivity contribution < 1.29 is 18.7 Å². The number of hydrazine groups is 2. The highest BCUT2D eigenvalue weighted by molar-refractivity contribution is 7.97. The van der Waals surface area contributed by atoms with Gasteiger partial charge in [0, 0.05) is 18.7 Å². The molecule has 2 aromatic rings. The summed E-state index contributed by atoms with van der Waals surface area (Å²) in [7, 11) is 0. The van der Waals surface area contributed by atoms with E-state index in [9.17, 15) is 14.0 Å². The normalized spacial score (nSPS) is 13.1. The molecule has 0 atom stereocenters. The van der Waals surface area contributed by atoms with Gasteiger partial charge in [-0.15, -0.1) is 5.53 Å². The van der Waals surface area contributed by atoms with Gasteiger partial charge < -0.3 is 15.9 Å². The maximum atomic E-state index is 13.2. The number of hydrogen-bond donors (Lipinski definition) is 4. The Morgan fingerprint density at radius 1 is 1.30 bits per heavy atom. The van der Waals surface area contributed by atoms with Crippen LogP contribution >= 0.6 is 11.9 Å². The van der Waals surface area contributed by atoms with Crippen LogP contribution in [0.15, 0.2) is 41.3 Å². The Hall–Kier alpha value is -2.82. The summed E-state index contributed by atoms with van der Waals surface area (Å²) in [5.74, 6) is -1.27. The van der Waals surface area contributed by atoms with Gasteiger partial charge >= 0.3 is 5.97 Å². The van der Waals surface area contributed by atoms with Crippen LogP contribution in [-0.2, 0) is 4.74 Å². The predicted molar refractivity (Wildman–Crippen MR) is 100.0 cm³/mol. The van der Waals surface area contributed by atoms with E-state index in [1.54, 1.807) is 18.2 Å². The van der Waals surface area contributed by atoms with Gasteiger partial charge in [-0.3, -0.25) is 14.9 Å². The van der Waals surface area contributed by atoms with Crippen LogP contribution in [0.2, 0.25) is 0 Å². The number of carbonyl (C=O) groups is 2. The molecule has 0 saturated heterocycles. The number of halogens is 1. The van der Waals surface area contributed by atoms with Gasteiger partial charge in [0.1, 0.15) is 5.82 Å². The van der Waals surface area contributed by atoms with E-state index in [-0.39, 0.29) is 19.1 Å². The second-order valence-electron chi connectivity index (χ2n) is 5.71. The highest BCUT2D eigenvalue weighted by Crippen LogP contribution is 2.26. The van der Waals surface area contributed by atoms with Crippen molar-refractivity contribution in [2.45, 2.75) is 11.3 Å². The molecule has 1 aliphatic rings. The van der Waals surface area contributed by atoms with E-state index < -0.39 is 11.8 Å². The number of ether oxygens (including phenoxy) is 1. The minimum atomic E-state index is -0.535. The number of rotatable bonds is 6. The highest BCUT2D eigenvalue weighted by Gasteiger charge is 2.24. The first-order chi connectivity index (χ1) is 13.0. The van der Waals surface area contributed by atoms with Crippen LogP contribution < -0.4 is 21.8 Å². The van der Waals surface area contributed by atoms with Crippen molar-refractivity contribution >= 4 is 35.2 Å². The first-order valence-corrected chi connectivity index (χ1v) is 8.94. The SMILES string of the molecule is NSc1c(N)cccc1C(=O)OCCCN1NNc2cc(F)ccc2C1=O. The summed E-state index contributed by atoms with van der Waals surface area (Å²) in [4.78, 5) is 25.0. The zero-order valence-electron chi connectivity index (χ0n) is 14.2. The van der Waals surface area contributed by atoms with Crippen LogP contribution in [0.5, 0.6) is 0 Å². The molecule has 142 valence electrons. The van der Waals surface area contributed by atoms with Crippen molar-refractivity contribution in [1.82, 2.24) is 10.5 Å². The number of nitrogen functional groups attached to an aromatic ring is 1. The molecule has 1 aliphatic heterocycles. The Balaban J connectivity index is 1.52. The Morgan fingerprint density at radius 3 is 2.89 bits per heavy atom. The fourth-order valence-corrected chi connectivity index (χ4v) is 3.08. The Labute approximate surface area is 159 Å². The maximum Gasteiger partial charge on any atom is 0.339 e. The lowest BCUT2D eigenvalue weighted by molar-refractivity contribution is 0.0464. The number of fused-ring (bicyclic) bond motifs is 1. The smallest absolute Gasteiger partial charge is 0.339 e. The van der Waals surface area contributed by atoms with Crippen molar-refractivity contribution in [3.8, 4) is 0 Å². The lowest BCUT2D eigenvalue weighted by Crippen LogP contribution is -2.50. The molecule has 2 aromatic carbocycles. The van der Waals surface area contributed by atoms with Gasteiger partial charge in [0.2, 0.25) is 0 Å². The van der Waals surface area contributed by atoms with Gasteiger partial charge in [-0.2, -0.15) is 0 Å². The van der Waals surface area contributed by atoms with Crippen molar-refractivity contribution in [3.05, 3.63) is 53.3 Å². The minimum Gasteiger partial charge on any atom is -0.462 e. The molecule has 0 fully saturated rings. The number of benzene rings is 2. The molecular weight excluding hydrogens is 373 g/mol. The summed E-state index contributed by atoms with van der Waals surface area (Å²) < 4.78 is 18.4. The number of amides is 1. The Morgan fingerprint density at radius 2 is 2.11 bits per heavy atom. The van der Waals surface area contributed by atoms with Crippen molar-refractivity contribution in [1.29, 1.82) is 0 Å². The van der Waals surface area contributed by atoms with Crippen LogP contribution in [-0.4, -0.2) is 30.0 Å². The van der Waals surface area contributed by atoms with Gasteiger partial charge in [-0.1, -0.05) is 6.07 Å². The quantitative estimate of drug-likeness (QED) is 0.255. The minimum absolute atomic E-state index is 0.101. The lowest BCUT2D eigenvalue weighted by Gasteiger charge is -2.30. The highest BCUT2D eigenvalue weighted by atomic mass is 32.2. The number of nitrogens with one attached hydrogen (secondary N) is 2. The number of esters is 1. The molecule has 0 aromatic heterocycles. The first-order valence-electron chi connectivity index (χ1n) is 8.06. The van der Waals surface area contributed by atoms with Gasteiger partial charge in [-0.25, -0.2) is 9.18 Å². The fourth-order valence-electron chi connectivity index (χ4n) is 2.60. The molecule has 8 nitrogen and oxygen atoms in total. The zero-order chi connectivity index (χ0) is 19.4. The van der Waals surface area contributed by atoms with E-state index in [2.05, 4.69) is 11.0 Å². The van der Waals surface area contributed by atoms with Crippen molar-refractivity contribution in [3.63, 3.8) is 0 Å². The Bertz CT molecular complexity index is 880. The molecule has 0 unspecified atom stereocenters. The van der Waals surface area contributed by atoms with E-state index in [0.29, 0.717) is 33.8 Å². The summed E-state index contributed by atoms with van der Waals surface area (Å²) in [5, 5.41) is 6.88. The number of hydrogen-bond acceptors (Lipinski definition) is 8. The van der Waals surface area contributed by atoms with E-state index in [1.165, 1.54) is 23.2 Å². The summed E-state index contributed by atoms with van der Waals surface area (Å²) in [6.45, 7) is 0.384. The molecule has 0 spiro atoms. The molecule has 3 rings (SSSR count). The summed E-state index contributed by atoms with van der Waals surface area (Å²) >= 11 is 0.883. The number of nitrogens with zero attached hydrogens (tertiary/aromatic N) is 1. The van der Waals surface area contributed by atoms with E-state index in [4.69, 9.17) is 15.6 Å². The van der Waals surface area contributed by atoms with Crippen molar-refractivity contribution in [2.24, 2.45) is 5.14 Å². The van der Waals surface area contributed by atoms with Crippen LogP contribution in [0.3, 0.4) is 0 Å². The molecule has 1 amide bonds. The van der Waals surface area contributed by atoms with Crippen LogP contribution in [0, 0.1) is 5.82 Å². The predicted octanol–water partition coefficient (Wildman–Crippen LogP) is 1.91. The third-order valence-electron chi connectivity index (χ3n) is 3.93. The van der Waals surface area contributed by atoms with E-state index in [1.807, 2.05) is 0 Å². The number of carbonyl (C=O) groups excluding carboxylic acids is 2. The average molecular weight is 391 g/mol. The molecule has 6 N–H and O–H groups in total. The molecule has 27 heavy (non-hydrogen) atoms. The standard InChI is InChI=1S/C17H18FN5O3S/c18-10-5-6-11-14(9-10)21-22-23(16(11)24)7-2-8-26-17(25)12-3-1-4-13(19)15(12)27-20/h1,3-6,9,21-22H,2,7-8,19-20H2. The largest absolute Gasteiger partial charge is 0.462 e. The molecule has 0 saturated carbocycles. The first kappa shape index (κ1) is 19.0. The van der Waals surface area contributed by atoms with E-state index in [0.717, 1.165) is 11.9 Å². The number of anilines is 2. The van der Waals surface area contributed by atoms with Gasteiger partial charge in [0.25, 0.3) is 5.91 Å². The third kappa shape index (κ3) is 4.13. The molecule has 0 bridgehead atoms. The summed E-state index contributed by atoms with van der Waals surface area (Å²) in [6.07, 6.45) is 0.399. The topological polar surface area (TPSA) is 123 Å². The second-order valence-corrected chi connectivity index (χ2v) is 6.36. The molecule has 10 heteroatoms. The monoisotopic (exact) mass is 391 g/mol. The summed E-state index contributed by atoms with van der Waals surface area (Å²) in [6, 6.07) is 8.76. The molecular formula is C17H18FN5O3S. The summed E-state index contributed by atoms with van der Waals surface area (Å²) in [5.41, 5.74) is 12.7. The van der Waals surface area contributed by atoms with Crippen molar-refractivity contribution in [2.75, 3.05) is 24.3 Å². The fraction of sp³-hybridized carbons (Fsp3) is 0.176. The average Bonchev–Trinajstić information content (AvgIpc) is 2.66. The van der Waals surface area contributed by atoms with Gasteiger partial charge in [0.05, 0.1) is 28.3 Å². The molecule has 0 aliphatic carbocycles. The zero-order valence-corrected chi connectivity index (χ0v) is 15.0. The van der Waals surface area contributed by atoms with Gasteiger partial charge in [0.15, 0.2) is 0 Å². The van der Waals surface area contributed by atoms with Crippen LogP contribution in [0.25, 0.3) is 0 Å². The van der Waals surface area contributed by atoms with Crippen LogP contribution in [0.1, 0.15) is 27.1 Å². The molecule has 0 radical (unpaired) electrons. The maximum absolute atomic E-state index is 13.2. The van der Waals surface area contributed by atoms with Gasteiger partial charge in [-0.05, 0) is 42.3 Å². The van der Waals surface area contributed by atoms with E-state index >= 15 is 0 Å². The molecule has 1 heterocycles. The number of nitrogens with two attached hydrogens (primary N) is 2. The Kier molecular flexibility index (Phi) is 5.79. The second kappa shape index (κ2) is 8.25. The third-order valence-corrected chi connectivity index (χ3v) is 4.62. The lowest BCUT2D eigenvalue weighted by atomic mass is 10.1.